The summed E-state index contributed by atoms with van der Waals surface area (Å²) in [6, 6.07) is 0.296. The molecule has 2 N–H and O–H groups in total. The van der Waals surface area contributed by atoms with Gasteiger partial charge in [-0.2, -0.15) is 0 Å². The van der Waals surface area contributed by atoms with E-state index in [0.29, 0.717) is 6.04 Å². The Morgan fingerprint density at radius 1 is 1.12 bits per heavy atom. The highest BCUT2D eigenvalue weighted by Gasteiger charge is 2.35. The average Bonchev–Trinajstić information content (AvgIpc) is 2.33. The summed E-state index contributed by atoms with van der Waals surface area (Å²) in [5.74, 6) is 0.249. The molecule has 3 nitrogen and oxygen atoms in total. The summed E-state index contributed by atoms with van der Waals surface area (Å²) in [6.07, 6.45) is 9.12. The number of carbonyl (C=O) groups is 1. The fourth-order valence-corrected chi connectivity index (χ4v) is 3.14. The summed E-state index contributed by atoms with van der Waals surface area (Å²) < 4.78 is 0. The molecule has 2 rings (SSSR count). The maximum Gasteiger partial charge on any atom is 0.226 e. The first kappa shape index (κ1) is 12.9. The first-order valence-corrected chi connectivity index (χ1v) is 7.09. The van der Waals surface area contributed by atoms with E-state index in [2.05, 4.69) is 12.2 Å². The minimum atomic E-state index is -0.145. The van der Waals surface area contributed by atoms with Gasteiger partial charge in [-0.15, -0.1) is 0 Å². The van der Waals surface area contributed by atoms with Crippen molar-refractivity contribution in [1.82, 2.24) is 5.32 Å². The molecule has 1 amide bonds. The van der Waals surface area contributed by atoms with E-state index in [1.54, 1.807) is 0 Å². The summed E-state index contributed by atoms with van der Waals surface area (Å²) >= 11 is 0. The van der Waals surface area contributed by atoms with Gasteiger partial charge in [0.1, 0.15) is 0 Å². The second-order valence-corrected chi connectivity index (χ2v) is 6.10. The summed E-state index contributed by atoms with van der Waals surface area (Å²) in [5, 5.41) is 12.6. The minimum absolute atomic E-state index is 0.131. The number of nitrogens with one attached hydrogen (secondary N) is 1. The standard InChI is InChI=1S/C14H25NO2/c1-14(9-3-2-4-10-14)13(17)15-11-5-7-12(16)8-6-11/h11-12,16H,2-10H2,1H3,(H,15,17). The molecule has 98 valence electrons. The third-order valence-corrected chi connectivity index (χ3v) is 4.54. The molecule has 0 saturated heterocycles. The topological polar surface area (TPSA) is 49.3 Å². The van der Waals surface area contributed by atoms with Crippen molar-refractivity contribution >= 4 is 5.91 Å². The number of hydrogen-bond acceptors (Lipinski definition) is 2. The molecule has 0 aromatic rings. The molecule has 2 fully saturated rings. The Morgan fingerprint density at radius 2 is 1.71 bits per heavy atom. The normalized spacial score (nSPS) is 33.1. The smallest absolute Gasteiger partial charge is 0.226 e. The Labute approximate surface area is 104 Å². The Kier molecular flexibility index (Phi) is 4.08. The number of aliphatic hydroxyl groups excluding tert-OH is 1. The number of aliphatic hydroxyl groups is 1. The van der Waals surface area contributed by atoms with Crippen LogP contribution in [0.4, 0.5) is 0 Å². The molecule has 0 aliphatic heterocycles. The molecule has 17 heavy (non-hydrogen) atoms. The van der Waals surface area contributed by atoms with Crippen LogP contribution in [0, 0.1) is 5.41 Å². The Hall–Kier alpha value is -0.570. The van der Waals surface area contributed by atoms with E-state index in [9.17, 15) is 9.90 Å². The monoisotopic (exact) mass is 239 g/mol. The highest BCUT2D eigenvalue weighted by Crippen LogP contribution is 2.36. The molecule has 2 saturated carbocycles. The molecule has 3 heteroatoms. The second kappa shape index (κ2) is 5.38. The largest absolute Gasteiger partial charge is 0.393 e. The van der Waals surface area contributed by atoms with E-state index in [1.165, 1.54) is 19.3 Å². The first-order valence-electron chi connectivity index (χ1n) is 7.09. The van der Waals surface area contributed by atoms with Crippen LogP contribution >= 0.6 is 0 Å². The lowest BCUT2D eigenvalue weighted by Gasteiger charge is -2.35. The van der Waals surface area contributed by atoms with Gasteiger partial charge < -0.3 is 10.4 Å². The highest BCUT2D eigenvalue weighted by molar-refractivity contribution is 5.82. The lowest BCUT2D eigenvalue weighted by Crippen LogP contribution is -2.46. The number of rotatable bonds is 2. The Balaban J connectivity index is 1.83. The third kappa shape index (κ3) is 3.21. The van der Waals surface area contributed by atoms with Gasteiger partial charge in [0.25, 0.3) is 0 Å². The van der Waals surface area contributed by atoms with Crippen LogP contribution in [-0.2, 0) is 4.79 Å². The Bertz CT molecular complexity index is 263. The first-order chi connectivity index (χ1) is 8.10. The zero-order valence-corrected chi connectivity index (χ0v) is 10.9. The zero-order chi connectivity index (χ0) is 12.3. The van der Waals surface area contributed by atoms with Gasteiger partial charge in [-0.05, 0) is 38.5 Å². The predicted molar refractivity (Wildman–Crippen MR) is 67.6 cm³/mol. The van der Waals surface area contributed by atoms with Crippen LogP contribution in [0.1, 0.15) is 64.7 Å². The third-order valence-electron chi connectivity index (χ3n) is 4.54. The average molecular weight is 239 g/mol. The number of hydrogen-bond donors (Lipinski definition) is 2. The molecule has 0 aromatic carbocycles. The SMILES string of the molecule is CC1(C(=O)NC2CCC(O)CC2)CCCCC1. The van der Waals surface area contributed by atoms with Crippen molar-refractivity contribution in [1.29, 1.82) is 0 Å². The Morgan fingerprint density at radius 3 is 2.29 bits per heavy atom. The lowest BCUT2D eigenvalue weighted by molar-refractivity contribution is -0.133. The van der Waals surface area contributed by atoms with Crippen molar-refractivity contribution in [2.45, 2.75) is 76.9 Å². The van der Waals surface area contributed by atoms with E-state index in [4.69, 9.17) is 0 Å². The molecule has 2 aliphatic carbocycles. The fraction of sp³-hybridized carbons (Fsp3) is 0.929. The number of amides is 1. The fourth-order valence-electron chi connectivity index (χ4n) is 3.14. The number of carbonyl (C=O) groups excluding carboxylic acids is 1. The summed E-state index contributed by atoms with van der Waals surface area (Å²) in [6.45, 7) is 2.11. The quantitative estimate of drug-likeness (QED) is 0.777. The summed E-state index contributed by atoms with van der Waals surface area (Å²) in [4.78, 5) is 12.3. The predicted octanol–water partition coefficient (Wildman–Crippen LogP) is 2.38. The van der Waals surface area contributed by atoms with Crippen molar-refractivity contribution in [2.75, 3.05) is 0 Å². The molecule has 0 heterocycles. The molecule has 0 bridgehead atoms. The van der Waals surface area contributed by atoms with E-state index >= 15 is 0 Å². The molecule has 2 aliphatic rings. The van der Waals surface area contributed by atoms with Crippen LogP contribution in [0.2, 0.25) is 0 Å². The van der Waals surface area contributed by atoms with Gasteiger partial charge in [0.05, 0.1) is 6.10 Å². The van der Waals surface area contributed by atoms with Crippen LogP contribution in [0.5, 0.6) is 0 Å². The molecule has 0 spiro atoms. The van der Waals surface area contributed by atoms with E-state index in [-0.39, 0.29) is 17.4 Å². The zero-order valence-electron chi connectivity index (χ0n) is 10.9. The van der Waals surface area contributed by atoms with E-state index < -0.39 is 0 Å². The second-order valence-electron chi connectivity index (χ2n) is 6.10. The molecule has 0 atom stereocenters. The van der Waals surface area contributed by atoms with Gasteiger partial charge >= 0.3 is 0 Å². The highest BCUT2D eigenvalue weighted by atomic mass is 16.3. The summed E-state index contributed by atoms with van der Waals surface area (Å²) in [7, 11) is 0. The van der Waals surface area contributed by atoms with Gasteiger partial charge in [-0.25, -0.2) is 0 Å². The summed E-state index contributed by atoms with van der Waals surface area (Å²) in [5.41, 5.74) is -0.131. The lowest BCUT2D eigenvalue weighted by atomic mass is 9.74. The minimum Gasteiger partial charge on any atom is -0.393 e. The van der Waals surface area contributed by atoms with Crippen LogP contribution in [0.25, 0.3) is 0 Å². The van der Waals surface area contributed by atoms with Crippen molar-refractivity contribution in [3.63, 3.8) is 0 Å². The van der Waals surface area contributed by atoms with Crippen molar-refractivity contribution in [2.24, 2.45) is 5.41 Å². The van der Waals surface area contributed by atoms with Crippen LogP contribution in [0.15, 0.2) is 0 Å². The van der Waals surface area contributed by atoms with Gasteiger partial charge in [0.15, 0.2) is 0 Å². The van der Waals surface area contributed by atoms with Crippen molar-refractivity contribution in [3.8, 4) is 0 Å². The van der Waals surface area contributed by atoms with Gasteiger partial charge in [0, 0.05) is 11.5 Å². The molecular weight excluding hydrogens is 214 g/mol. The van der Waals surface area contributed by atoms with Crippen LogP contribution in [-0.4, -0.2) is 23.2 Å². The van der Waals surface area contributed by atoms with E-state index in [0.717, 1.165) is 38.5 Å². The van der Waals surface area contributed by atoms with Gasteiger partial charge in [-0.1, -0.05) is 26.2 Å². The molecule has 0 unspecified atom stereocenters. The molecule has 0 aromatic heterocycles. The van der Waals surface area contributed by atoms with Crippen LogP contribution < -0.4 is 5.32 Å². The molecular formula is C14H25NO2. The van der Waals surface area contributed by atoms with E-state index in [1.807, 2.05) is 0 Å². The molecule has 0 radical (unpaired) electrons. The van der Waals surface area contributed by atoms with Crippen LogP contribution in [0.3, 0.4) is 0 Å². The maximum atomic E-state index is 12.3. The maximum absolute atomic E-state index is 12.3. The van der Waals surface area contributed by atoms with Crippen molar-refractivity contribution < 1.29 is 9.90 Å². The van der Waals surface area contributed by atoms with Gasteiger partial charge in [-0.3, -0.25) is 4.79 Å². The van der Waals surface area contributed by atoms with Crippen molar-refractivity contribution in [3.05, 3.63) is 0 Å². The van der Waals surface area contributed by atoms with Gasteiger partial charge in [0.2, 0.25) is 5.91 Å².